The first-order valence-electron chi connectivity index (χ1n) is 9.86. The van der Waals surface area contributed by atoms with E-state index in [9.17, 15) is 4.79 Å². The van der Waals surface area contributed by atoms with Gasteiger partial charge in [-0.3, -0.25) is 4.79 Å². The molecule has 2 N–H and O–H groups in total. The average Bonchev–Trinajstić information content (AvgIpc) is 3.10. The highest BCUT2D eigenvalue weighted by Gasteiger charge is 2.28. The summed E-state index contributed by atoms with van der Waals surface area (Å²) in [5, 5.41) is 0. The molecule has 136 valence electrons. The Morgan fingerprint density at radius 3 is 2.35 bits per heavy atom. The number of hydrogen-bond acceptors (Lipinski definition) is 2. The molecule has 0 saturated carbocycles. The number of nitrogens with two attached hydrogens (primary N) is 1. The first-order chi connectivity index (χ1) is 12.7. The van der Waals surface area contributed by atoms with Crippen LogP contribution >= 0.6 is 0 Å². The zero-order valence-corrected chi connectivity index (χ0v) is 15.4. The van der Waals surface area contributed by atoms with Gasteiger partial charge in [0.25, 0.3) is 0 Å². The van der Waals surface area contributed by atoms with Crippen LogP contribution in [-0.2, 0) is 24.2 Å². The molecule has 1 aliphatic carbocycles. The summed E-state index contributed by atoms with van der Waals surface area (Å²) in [5.74, 6) is 1.39. The molecule has 3 heteroatoms. The lowest BCUT2D eigenvalue weighted by atomic mass is 9.88. The second-order valence-corrected chi connectivity index (χ2v) is 7.85. The Morgan fingerprint density at radius 2 is 1.69 bits per heavy atom. The van der Waals surface area contributed by atoms with Crippen molar-refractivity contribution in [3.63, 3.8) is 0 Å². The van der Waals surface area contributed by atoms with E-state index in [1.807, 2.05) is 0 Å². The molecule has 2 aromatic rings. The zero-order valence-electron chi connectivity index (χ0n) is 15.4. The fourth-order valence-electron chi connectivity index (χ4n) is 4.61. The van der Waals surface area contributed by atoms with Crippen LogP contribution in [0.2, 0.25) is 0 Å². The van der Waals surface area contributed by atoms with Gasteiger partial charge < -0.3 is 10.6 Å². The van der Waals surface area contributed by atoms with Crippen LogP contribution in [-0.4, -0.2) is 23.9 Å². The molecule has 0 bridgehead atoms. The van der Waals surface area contributed by atoms with Gasteiger partial charge in [0.15, 0.2) is 0 Å². The van der Waals surface area contributed by atoms with Crippen molar-refractivity contribution in [1.82, 2.24) is 4.90 Å². The van der Waals surface area contributed by atoms with Crippen molar-refractivity contribution < 1.29 is 4.79 Å². The second kappa shape index (κ2) is 7.63. The topological polar surface area (TPSA) is 46.3 Å². The van der Waals surface area contributed by atoms with E-state index in [2.05, 4.69) is 53.4 Å². The van der Waals surface area contributed by atoms with Crippen LogP contribution in [0.3, 0.4) is 0 Å². The molecule has 26 heavy (non-hydrogen) atoms. The number of carbonyl (C=O) groups is 1. The lowest BCUT2D eigenvalue weighted by molar-refractivity contribution is -0.133. The van der Waals surface area contributed by atoms with Gasteiger partial charge in [-0.05, 0) is 59.8 Å². The zero-order chi connectivity index (χ0) is 17.9. The SMILES string of the molecule is NCc1cccc(C2CCN(C(=O)CC3Cc4ccccc4C3)CC2)c1. The van der Waals surface area contributed by atoms with Gasteiger partial charge in [-0.15, -0.1) is 0 Å². The predicted octanol–water partition coefficient (Wildman–Crippen LogP) is 3.66. The number of nitrogens with zero attached hydrogens (tertiary/aromatic N) is 1. The molecule has 1 aliphatic heterocycles. The van der Waals surface area contributed by atoms with Crippen molar-refractivity contribution in [2.75, 3.05) is 13.1 Å². The van der Waals surface area contributed by atoms with Crippen molar-refractivity contribution in [3.8, 4) is 0 Å². The Labute approximate surface area is 156 Å². The standard InChI is InChI=1S/C23H28N2O/c24-16-17-4-3-7-20(12-17)19-8-10-25(11-9-19)23(26)15-18-13-21-5-1-2-6-22(21)14-18/h1-7,12,18-19H,8-11,13-16,24H2. The van der Waals surface area contributed by atoms with Gasteiger partial charge in [-0.1, -0.05) is 48.5 Å². The number of piperidine rings is 1. The van der Waals surface area contributed by atoms with Crippen LogP contribution in [0.25, 0.3) is 0 Å². The van der Waals surface area contributed by atoms with Gasteiger partial charge in [-0.2, -0.15) is 0 Å². The molecule has 0 unspecified atom stereocenters. The van der Waals surface area contributed by atoms with Crippen molar-refractivity contribution in [3.05, 3.63) is 70.8 Å². The average molecular weight is 348 g/mol. The number of amides is 1. The highest BCUT2D eigenvalue weighted by molar-refractivity contribution is 5.76. The number of rotatable bonds is 4. The molecule has 0 spiro atoms. The molecular weight excluding hydrogens is 320 g/mol. The summed E-state index contributed by atoms with van der Waals surface area (Å²) >= 11 is 0. The summed E-state index contributed by atoms with van der Waals surface area (Å²) in [6.07, 6.45) is 4.94. The maximum Gasteiger partial charge on any atom is 0.222 e. The first-order valence-corrected chi connectivity index (χ1v) is 9.86. The maximum atomic E-state index is 12.8. The third kappa shape index (κ3) is 3.68. The van der Waals surface area contributed by atoms with Gasteiger partial charge in [0, 0.05) is 26.1 Å². The fraction of sp³-hybridized carbons (Fsp3) is 0.435. The molecule has 4 rings (SSSR count). The van der Waals surface area contributed by atoms with E-state index < -0.39 is 0 Å². The van der Waals surface area contributed by atoms with Crippen LogP contribution in [0.5, 0.6) is 0 Å². The predicted molar refractivity (Wildman–Crippen MR) is 105 cm³/mol. The van der Waals surface area contributed by atoms with Crippen LogP contribution < -0.4 is 5.73 Å². The number of fused-ring (bicyclic) bond motifs is 1. The molecule has 2 aliphatic rings. The molecule has 3 nitrogen and oxygen atoms in total. The summed E-state index contributed by atoms with van der Waals surface area (Å²) in [5.41, 5.74) is 11.2. The summed E-state index contributed by atoms with van der Waals surface area (Å²) in [6, 6.07) is 17.3. The number of likely N-dealkylation sites (tertiary alicyclic amines) is 1. The van der Waals surface area contributed by atoms with Crippen LogP contribution in [0.15, 0.2) is 48.5 Å². The molecular formula is C23H28N2O. The van der Waals surface area contributed by atoms with Crippen LogP contribution in [0, 0.1) is 5.92 Å². The monoisotopic (exact) mass is 348 g/mol. The Kier molecular flexibility index (Phi) is 5.07. The van der Waals surface area contributed by atoms with E-state index >= 15 is 0 Å². The van der Waals surface area contributed by atoms with Crippen molar-refractivity contribution in [1.29, 1.82) is 0 Å². The number of benzene rings is 2. The smallest absolute Gasteiger partial charge is 0.222 e. The molecule has 0 atom stereocenters. The Hall–Kier alpha value is -2.13. The molecule has 0 radical (unpaired) electrons. The van der Waals surface area contributed by atoms with Gasteiger partial charge in [-0.25, -0.2) is 0 Å². The highest BCUT2D eigenvalue weighted by atomic mass is 16.2. The third-order valence-electron chi connectivity index (χ3n) is 6.10. The molecule has 1 heterocycles. The Balaban J connectivity index is 1.30. The molecule has 0 aromatic heterocycles. The van der Waals surface area contributed by atoms with Crippen LogP contribution in [0.4, 0.5) is 0 Å². The minimum Gasteiger partial charge on any atom is -0.343 e. The quantitative estimate of drug-likeness (QED) is 0.916. The van der Waals surface area contributed by atoms with E-state index in [4.69, 9.17) is 5.73 Å². The molecule has 2 aromatic carbocycles. The van der Waals surface area contributed by atoms with E-state index in [1.54, 1.807) is 0 Å². The highest BCUT2D eigenvalue weighted by Crippen LogP contribution is 2.31. The van der Waals surface area contributed by atoms with Gasteiger partial charge in [0.05, 0.1) is 0 Å². The molecule has 1 amide bonds. The summed E-state index contributed by atoms with van der Waals surface area (Å²) in [7, 11) is 0. The second-order valence-electron chi connectivity index (χ2n) is 7.85. The van der Waals surface area contributed by atoms with E-state index in [0.717, 1.165) is 38.8 Å². The normalized spacial score (nSPS) is 18.1. The lowest BCUT2D eigenvalue weighted by Crippen LogP contribution is -2.38. The van der Waals surface area contributed by atoms with E-state index in [0.29, 0.717) is 30.7 Å². The van der Waals surface area contributed by atoms with Crippen molar-refractivity contribution in [2.24, 2.45) is 11.7 Å². The van der Waals surface area contributed by atoms with Gasteiger partial charge in [0.1, 0.15) is 0 Å². The number of hydrogen-bond donors (Lipinski definition) is 1. The molecule has 1 fully saturated rings. The Morgan fingerprint density at radius 1 is 1.00 bits per heavy atom. The summed E-state index contributed by atoms with van der Waals surface area (Å²) < 4.78 is 0. The molecule has 1 saturated heterocycles. The van der Waals surface area contributed by atoms with Gasteiger partial charge >= 0.3 is 0 Å². The maximum absolute atomic E-state index is 12.8. The van der Waals surface area contributed by atoms with E-state index in [-0.39, 0.29) is 0 Å². The minimum absolute atomic E-state index is 0.344. The lowest BCUT2D eigenvalue weighted by Gasteiger charge is -2.33. The first kappa shape index (κ1) is 17.3. The fourth-order valence-corrected chi connectivity index (χ4v) is 4.61. The number of carbonyl (C=O) groups excluding carboxylic acids is 1. The summed E-state index contributed by atoms with van der Waals surface area (Å²) in [4.78, 5) is 14.8. The van der Waals surface area contributed by atoms with Crippen molar-refractivity contribution in [2.45, 2.75) is 44.6 Å². The van der Waals surface area contributed by atoms with Crippen LogP contribution in [0.1, 0.15) is 47.4 Å². The van der Waals surface area contributed by atoms with Crippen molar-refractivity contribution >= 4 is 5.91 Å². The van der Waals surface area contributed by atoms with Gasteiger partial charge in [0.2, 0.25) is 5.91 Å². The van der Waals surface area contributed by atoms with E-state index in [1.165, 1.54) is 22.3 Å². The minimum atomic E-state index is 0.344. The summed E-state index contributed by atoms with van der Waals surface area (Å²) in [6.45, 7) is 2.36. The largest absolute Gasteiger partial charge is 0.343 e. The third-order valence-corrected chi connectivity index (χ3v) is 6.10. The Bertz CT molecular complexity index is 752.